The third-order valence-corrected chi connectivity index (χ3v) is 7.35. The fourth-order valence-electron chi connectivity index (χ4n) is 3.86. The largest absolute Gasteiger partial charge is 0.493 e. The number of benzene rings is 3. The van der Waals surface area contributed by atoms with Gasteiger partial charge in [-0.25, -0.2) is 4.39 Å². The van der Waals surface area contributed by atoms with Crippen LogP contribution in [0.15, 0.2) is 59.5 Å². The molecule has 5 rings (SSSR count). The number of halogens is 2. The highest BCUT2D eigenvalue weighted by Crippen LogP contribution is 2.40. The third kappa shape index (κ3) is 5.95. The topological polar surface area (TPSA) is 86.3 Å². The molecule has 3 aromatic carbocycles. The molecule has 0 radical (unpaired) electrons. The monoisotopic (exact) mass is 586 g/mol. The Bertz CT molecular complexity index is 1520. The van der Waals surface area contributed by atoms with Crippen LogP contribution in [-0.2, 0) is 16.1 Å². The Morgan fingerprint density at radius 3 is 2.79 bits per heavy atom. The Hall–Kier alpha value is -3.80. The summed E-state index contributed by atoms with van der Waals surface area (Å²) in [5.74, 6) is 0.289. The Balaban J connectivity index is 1.28. The van der Waals surface area contributed by atoms with Gasteiger partial charge in [0.15, 0.2) is 29.6 Å². The molecule has 1 N–H and O–H groups in total. The summed E-state index contributed by atoms with van der Waals surface area (Å²) in [5.41, 5.74) is 1.46. The maximum atomic E-state index is 13.8. The van der Waals surface area contributed by atoms with Gasteiger partial charge in [0.1, 0.15) is 10.1 Å². The maximum absolute atomic E-state index is 13.8. The molecule has 39 heavy (non-hydrogen) atoms. The van der Waals surface area contributed by atoms with Crippen molar-refractivity contribution in [2.75, 3.05) is 25.8 Å². The molecule has 0 aliphatic carbocycles. The number of hydrogen-bond acceptors (Lipinski definition) is 8. The summed E-state index contributed by atoms with van der Waals surface area (Å²) >= 11 is 13.1. The highest BCUT2D eigenvalue weighted by molar-refractivity contribution is 8.26. The minimum atomic E-state index is -0.576. The Morgan fingerprint density at radius 2 is 2.00 bits per heavy atom. The number of thiocarbonyl (C=S) groups is 1. The first-order valence-corrected chi connectivity index (χ1v) is 13.1. The van der Waals surface area contributed by atoms with Crippen LogP contribution in [0.25, 0.3) is 6.08 Å². The number of nitrogens with zero attached hydrogens (tertiary/aromatic N) is 1. The van der Waals surface area contributed by atoms with Gasteiger partial charge in [-0.05, 0) is 53.6 Å². The van der Waals surface area contributed by atoms with Crippen LogP contribution in [0.1, 0.15) is 11.1 Å². The smallest absolute Gasteiger partial charge is 0.266 e. The van der Waals surface area contributed by atoms with E-state index in [2.05, 4.69) is 5.32 Å². The van der Waals surface area contributed by atoms with Gasteiger partial charge in [-0.2, -0.15) is 0 Å². The van der Waals surface area contributed by atoms with Gasteiger partial charge in [-0.15, -0.1) is 0 Å². The lowest BCUT2D eigenvalue weighted by atomic mass is 10.1. The SMILES string of the molecule is COc1cc(/C=C2\SC(=S)N(Cc3ccc4c(c3)OCO4)C2=O)cc(Cl)c1OCC(=O)Nc1ccccc1F. The van der Waals surface area contributed by atoms with Crippen molar-refractivity contribution >= 4 is 63.5 Å². The normalized spacial score (nSPS) is 15.2. The van der Waals surface area contributed by atoms with Crippen LogP contribution in [0.5, 0.6) is 23.0 Å². The second kappa shape index (κ2) is 11.5. The van der Waals surface area contributed by atoms with Gasteiger partial charge in [0.05, 0.1) is 29.3 Å². The molecule has 0 atom stereocenters. The molecule has 12 heteroatoms. The molecule has 0 saturated carbocycles. The van der Waals surface area contributed by atoms with E-state index in [4.69, 9.17) is 42.8 Å². The average Bonchev–Trinajstić information content (AvgIpc) is 3.48. The number of rotatable bonds is 8. The lowest BCUT2D eigenvalue weighted by molar-refractivity contribution is -0.122. The molecular formula is C27H20ClFN2O6S2. The molecule has 2 aliphatic rings. The quantitative estimate of drug-likeness (QED) is 0.268. The minimum absolute atomic E-state index is 0.0374. The first-order chi connectivity index (χ1) is 18.8. The van der Waals surface area contributed by atoms with E-state index in [1.54, 1.807) is 30.3 Å². The Kier molecular flexibility index (Phi) is 7.92. The number of ether oxygens (including phenoxy) is 4. The van der Waals surface area contributed by atoms with Crippen molar-refractivity contribution in [3.8, 4) is 23.0 Å². The molecule has 8 nitrogen and oxygen atoms in total. The molecule has 2 heterocycles. The van der Waals surface area contributed by atoms with Gasteiger partial charge in [0.2, 0.25) is 6.79 Å². The number of carbonyl (C=O) groups excluding carboxylic acids is 2. The Labute approximate surface area is 237 Å². The summed E-state index contributed by atoms with van der Waals surface area (Å²) in [5, 5.41) is 2.60. The number of fused-ring (bicyclic) bond motifs is 1. The van der Waals surface area contributed by atoms with Crippen LogP contribution in [0, 0.1) is 5.82 Å². The van der Waals surface area contributed by atoms with Crippen molar-refractivity contribution in [3.05, 3.63) is 81.5 Å². The number of para-hydroxylation sites is 1. The zero-order chi connectivity index (χ0) is 27.5. The van der Waals surface area contributed by atoms with Gasteiger partial charge in [-0.3, -0.25) is 14.5 Å². The molecule has 2 amide bonds. The van der Waals surface area contributed by atoms with Gasteiger partial charge in [0, 0.05) is 0 Å². The molecule has 200 valence electrons. The Morgan fingerprint density at radius 1 is 1.21 bits per heavy atom. The minimum Gasteiger partial charge on any atom is -0.493 e. The fourth-order valence-corrected chi connectivity index (χ4v) is 5.39. The first kappa shape index (κ1) is 26.8. The number of nitrogens with one attached hydrogen (secondary N) is 1. The van der Waals surface area contributed by atoms with Crippen molar-refractivity contribution in [2.45, 2.75) is 6.54 Å². The van der Waals surface area contributed by atoms with Gasteiger partial charge in [0.25, 0.3) is 11.8 Å². The maximum Gasteiger partial charge on any atom is 0.266 e. The zero-order valence-electron chi connectivity index (χ0n) is 20.4. The lowest BCUT2D eigenvalue weighted by Gasteiger charge is -2.15. The van der Waals surface area contributed by atoms with Crippen LogP contribution in [-0.4, -0.2) is 41.5 Å². The van der Waals surface area contributed by atoms with E-state index in [1.165, 1.54) is 42.0 Å². The van der Waals surface area contributed by atoms with E-state index < -0.39 is 18.3 Å². The fraction of sp³-hybridized carbons (Fsp3) is 0.148. The number of amides is 2. The van der Waals surface area contributed by atoms with Crippen molar-refractivity contribution in [2.24, 2.45) is 0 Å². The van der Waals surface area contributed by atoms with E-state index in [0.29, 0.717) is 26.3 Å². The predicted octanol–water partition coefficient (Wildman–Crippen LogP) is 5.64. The van der Waals surface area contributed by atoms with Crippen LogP contribution in [0.4, 0.5) is 10.1 Å². The van der Waals surface area contributed by atoms with Crippen LogP contribution >= 0.6 is 35.6 Å². The van der Waals surface area contributed by atoms with Crippen LogP contribution in [0.3, 0.4) is 0 Å². The molecule has 0 bridgehead atoms. The summed E-state index contributed by atoms with van der Waals surface area (Å²) in [6.45, 7) is 0.0199. The second-order valence-electron chi connectivity index (χ2n) is 8.31. The molecule has 1 saturated heterocycles. The summed E-state index contributed by atoms with van der Waals surface area (Å²) < 4.78 is 35.9. The summed E-state index contributed by atoms with van der Waals surface area (Å²) in [7, 11) is 1.42. The molecule has 0 unspecified atom stereocenters. The average molecular weight is 587 g/mol. The molecular weight excluding hydrogens is 567 g/mol. The third-order valence-electron chi connectivity index (χ3n) is 5.70. The highest BCUT2D eigenvalue weighted by Gasteiger charge is 2.32. The lowest BCUT2D eigenvalue weighted by Crippen LogP contribution is -2.27. The molecule has 1 fully saturated rings. The van der Waals surface area contributed by atoms with Crippen molar-refractivity contribution in [1.82, 2.24) is 4.90 Å². The molecule has 0 aromatic heterocycles. The summed E-state index contributed by atoms with van der Waals surface area (Å²) in [6.07, 6.45) is 1.65. The van der Waals surface area contributed by atoms with E-state index in [9.17, 15) is 14.0 Å². The standard InChI is InChI=1S/C27H20ClFN2O6S2/c1-34-22-10-16(8-17(28)25(22)35-13-24(32)30-19-5-3-2-4-18(19)29)11-23-26(33)31(27(38)39-23)12-15-6-7-20-21(9-15)37-14-36-20/h2-11H,12-14H2,1H3,(H,30,32)/b23-11-. The van der Waals surface area contributed by atoms with E-state index >= 15 is 0 Å². The second-order valence-corrected chi connectivity index (χ2v) is 10.4. The summed E-state index contributed by atoms with van der Waals surface area (Å²) in [4.78, 5) is 27.3. The van der Waals surface area contributed by atoms with E-state index in [1.807, 2.05) is 12.1 Å². The van der Waals surface area contributed by atoms with Crippen molar-refractivity contribution < 1.29 is 32.9 Å². The van der Waals surface area contributed by atoms with E-state index in [0.717, 1.165) is 5.56 Å². The van der Waals surface area contributed by atoms with Gasteiger partial charge >= 0.3 is 0 Å². The van der Waals surface area contributed by atoms with E-state index in [-0.39, 0.29) is 41.5 Å². The molecule has 2 aliphatic heterocycles. The van der Waals surface area contributed by atoms with Crippen molar-refractivity contribution in [3.63, 3.8) is 0 Å². The van der Waals surface area contributed by atoms with Crippen LogP contribution in [0.2, 0.25) is 5.02 Å². The number of anilines is 1. The number of methoxy groups -OCH3 is 1. The van der Waals surface area contributed by atoms with Crippen molar-refractivity contribution in [1.29, 1.82) is 0 Å². The first-order valence-electron chi connectivity index (χ1n) is 11.5. The number of hydrogen-bond donors (Lipinski definition) is 1. The van der Waals surface area contributed by atoms with Gasteiger partial charge < -0.3 is 24.3 Å². The summed E-state index contributed by atoms with van der Waals surface area (Å²) in [6, 6.07) is 14.5. The van der Waals surface area contributed by atoms with Gasteiger partial charge in [-0.1, -0.05) is 53.8 Å². The molecule has 0 spiro atoms. The molecule has 3 aromatic rings. The highest BCUT2D eigenvalue weighted by atomic mass is 35.5. The number of thioether (sulfide) groups is 1. The number of carbonyl (C=O) groups is 2. The van der Waals surface area contributed by atoms with Crippen LogP contribution < -0.4 is 24.3 Å². The predicted molar refractivity (Wildman–Crippen MR) is 150 cm³/mol. The zero-order valence-corrected chi connectivity index (χ0v) is 22.8.